The van der Waals surface area contributed by atoms with E-state index in [-0.39, 0.29) is 10.8 Å². The Morgan fingerprint density at radius 1 is 1.06 bits per heavy atom. The van der Waals surface area contributed by atoms with Gasteiger partial charge in [-0.1, -0.05) is 46.5 Å². The zero-order valence-electron chi connectivity index (χ0n) is 20.0. The fraction of sp³-hybridized carbons (Fsp3) is 0.708. The number of amides is 1. The van der Waals surface area contributed by atoms with E-state index in [1.807, 2.05) is 19.9 Å². The molecule has 0 atom stereocenters. The van der Waals surface area contributed by atoms with Gasteiger partial charge in [-0.05, 0) is 37.1 Å². The molecule has 0 bridgehead atoms. The van der Waals surface area contributed by atoms with Crippen LogP contribution in [0.4, 0.5) is 11.4 Å². The summed E-state index contributed by atoms with van der Waals surface area (Å²) in [5.74, 6) is 0.624. The molecule has 1 amide bonds. The molecule has 7 nitrogen and oxygen atoms in total. The van der Waals surface area contributed by atoms with Crippen LogP contribution in [0.3, 0.4) is 0 Å². The van der Waals surface area contributed by atoms with Crippen LogP contribution < -0.4 is 10.2 Å². The van der Waals surface area contributed by atoms with Crippen molar-refractivity contribution in [3.8, 4) is 0 Å². The average Bonchev–Trinajstić information content (AvgIpc) is 3.32. The lowest BCUT2D eigenvalue weighted by Crippen LogP contribution is -2.46. The molecule has 0 aromatic heterocycles. The number of carbonyl (C=O) groups excluding carboxylic acids is 1. The highest BCUT2D eigenvalue weighted by Gasteiger charge is 2.25. The van der Waals surface area contributed by atoms with Crippen LogP contribution in [-0.2, 0) is 14.8 Å². The third-order valence-electron chi connectivity index (χ3n) is 7.00. The average molecular weight is 465 g/mol. The van der Waals surface area contributed by atoms with Gasteiger partial charge in [0, 0.05) is 45.7 Å². The number of nitrogens with zero attached hydrogens (tertiary/aromatic N) is 3. The molecule has 0 spiro atoms. The van der Waals surface area contributed by atoms with Crippen molar-refractivity contribution in [1.82, 2.24) is 9.21 Å². The molecule has 0 radical (unpaired) electrons. The molecule has 180 valence electrons. The monoisotopic (exact) mass is 464 g/mol. The first kappa shape index (κ1) is 25.0. The Balaban J connectivity index is 1.82. The third kappa shape index (κ3) is 6.02. The van der Waals surface area contributed by atoms with Crippen molar-refractivity contribution >= 4 is 27.3 Å². The molecule has 1 saturated heterocycles. The molecule has 2 fully saturated rings. The summed E-state index contributed by atoms with van der Waals surface area (Å²) in [6.45, 7) is 11.4. The van der Waals surface area contributed by atoms with E-state index in [1.165, 1.54) is 30.0 Å². The van der Waals surface area contributed by atoms with Gasteiger partial charge in [0.05, 0.1) is 16.3 Å². The van der Waals surface area contributed by atoms with Crippen molar-refractivity contribution in [2.75, 3.05) is 56.0 Å². The summed E-state index contributed by atoms with van der Waals surface area (Å²) < 4.78 is 27.6. The highest BCUT2D eigenvalue weighted by atomic mass is 32.2. The highest BCUT2D eigenvalue weighted by Crippen LogP contribution is 2.32. The van der Waals surface area contributed by atoms with E-state index in [0.29, 0.717) is 31.1 Å². The molecule has 1 aliphatic carbocycles. The number of hydrogen-bond donors (Lipinski definition) is 1. The Morgan fingerprint density at radius 2 is 1.72 bits per heavy atom. The minimum atomic E-state index is -3.59. The van der Waals surface area contributed by atoms with Crippen LogP contribution in [-0.4, -0.2) is 69.3 Å². The van der Waals surface area contributed by atoms with Crippen molar-refractivity contribution in [2.45, 2.75) is 64.2 Å². The third-order valence-corrected chi connectivity index (χ3v) is 9.05. The summed E-state index contributed by atoms with van der Waals surface area (Å²) in [5.41, 5.74) is 1.52. The zero-order valence-corrected chi connectivity index (χ0v) is 20.8. The zero-order chi connectivity index (χ0) is 23.1. The van der Waals surface area contributed by atoms with Crippen molar-refractivity contribution in [3.05, 3.63) is 18.2 Å². The van der Waals surface area contributed by atoms with Gasteiger partial charge in [0.25, 0.3) is 0 Å². The molecule has 32 heavy (non-hydrogen) atoms. The molecule has 1 aliphatic heterocycles. The lowest BCUT2D eigenvalue weighted by Gasteiger charge is -2.36. The van der Waals surface area contributed by atoms with E-state index in [1.54, 1.807) is 12.1 Å². The maximum absolute atomic E-state index is 13.1. The summed E-state index contributed by atoms with van der Waals surface area (Å²) in [4.78, 5) is 17.7. The normalized spacial score (nSPS) is 18.4. The van der Waals surface area contributed by atoms with E-state index >= 15 is 0 Å². The summed E-state index contributed by atoms with van der Waals surface area (Å²) in [5, 5.41) is 3.07. The van der Waals surface area contributed by atoms with Crippen LogP contribution in [0.25, 0.3) is 0 Å². The lowest BCUT2D eigenvalue weighted by molar-refractivity contribution is -0.116. The van der Waals surface area contributed by atoms with Gasteiger partial charge in [-0.25, -0.2) is 8.42 Å². The molecule has 8 heteroatoms. The maximum atomic E-state index is 13.1. The van der Waals surface area contributed by atoms with Crippen molar-refractivity contribution in [1.29, 1.82) is 0 Å². The second-order valence-electron chi connectivity index (χ2n) is 8.93. The number of nitrogens with one attached hydrogen (secondary N) is 1. The van der Waals surface area contributed by atoms with Gasteiger partial charge in [0.2, 0.25) is 15.9 Å². The van der Waals surface area contributed by atoms with E-state index in [4.69, 9.17) is 0 Å². The molecule has 2 aliphatic rings. The molecular formula is C24H40N4O3S. The number of likely N-dealkylation sites (N-methyl/N-ethyl adjacent to an activating group) is 1. The largest absolute Gasteiger partial charge is 0.367 e. The molecular weight excluding hydrogens is 424 g/mol. The number of piperazine rings is 1. The summed E-state index contributed by atoms with van der Waals surface area (Å²) in [7, 11) is -3.59. The van der Waals surface area contributed by atoms with Crippen molar-refractivity contribution < 1.29 is 13.2 Å². The number of carbonyl (C=O) groups is 1. The highest BCUT2D eigenvalue weighted by molar-refractivity contribution is 7.89. The first-order valence-electron chi connectivity index (χ1n) is 12.3. The van der Waals surface area contributed by atoms with Gasteiger partial charge in [-0.15, -0.1) is 0 Å². The van der Waals surface area contributed by atoms with Crippen molar-refractivity contribution in [2.24, 2.45) is 5.92 Å². The van der Waals surface area contributed by atoms with Crippen LogP contribution in [0, 0.1) is 5.92 Å². The molecule has 3 rings (SSSR count). The minimum Gasteiger partial charge on any atom is -0.367 e. The van der Waals surface area contributed by atoms with Gasteiger partial charge in [-0.3, -0.25) is 4.79 Å². The Labute approximate surface area is 194 Å². The first-order chi connectivity index (χ1) is 15.4. The number of rotatable bonds is 10. The Kier molecular flexibility index (Phi) is 8.96. The molecule has 1 aromatic rings. The summed E-state index contributed by atoms with van der Waals surface area (Å²) >= 11 is 0. The van der Waals surface area contributed by atoms with Crippen LogP contribution in [0.1, 0.15) is 59.3 Å². The van der Waals surface area contributed by atoms with Gasteiger partial charge < -0.3 is 15.1 Å². The maximum Gasteiger partial charge on any atom is 0.243 e. The van der Waals surface area contributed by atoms with E-state index in [9.17, 15) is 13.2 Å². The molecule has 0 unspecified atom stereocenters. The second kappa shape index (κ2) is 11.5. The standard InChI is InChI=1S/C24H40N4O3S/c1-4-26-15-17-27(18-16-26)23-13-12-21(32(30,31)28(5-2)6-3)19-22(23)25-24(29)14-11-20-9-7-8-10-20/h12-13,19-20H,4-11,14-18H2,1-3H3,(H,25,29). The topological polar surface area (TPSA) is 73.0 Å². The van der Waals surface area contributed by atoms with E-state index in [0.717, 1.165) is 44.8 Å². The van der Waals surface area contributed by atoms with Crippen LogP contribution in [0.5, 0.6) is 0 Å². The summed E-state index contributed by atoms with van der Waals surface area (Å²) in [6, 6.07) is 5.20. The van der Waals surface area contributed by atoms with Gasteiger partial charge in [0.15, 0.2) is 0 Å². The molecule has 1 aromatic carbocycles. The SMILES string of the molecule is CCN1CCN(c2ccc(S(=O)(=O)N(CC)CC)cc2NC(=O)CCC2CCCC2)CC1. The smallest absolute Gasteiger partial charge is 0.243 e. The summed E-state index contributed by atoms with van der Waals surface area (Å²) in [6.07, 6.45) is 6.38. The van der Waals surface area contributed by atoms with Crippen LogP contribution >= 0.6 is 0 Å². The number of anilines is 2. The molecule has 1 heterocycles. The second-order valence-corrected chi connectivity index (χ2v) is 10.9. The Hall–Kier alpha value is -1.64. The Morgan fingerprint density at radius 3 is 2.31 bits per heavy atom. The lowest BCUT2D eigenvalue weighted by atomic mass is 10.0. The van der Waals surface area contributed by atoms with E-state index < -0.39 is 10.0 Å². The fourth-order valence-corrected chi connectivity index (χ4v) is 6.40. The number of benzene rings is 1. The number of sulfonamides is 1. The van der Waals surface area contributed by atoms with Crippen LogP contribution in [0.2, 0.25) is 0 Å². The van der Waals surface area contributed by atoms with Gasteiger partial charge >= 0.3 is 0 Å². The van der Waals surface area contributed by atoms with Crippen molar-refractivity contribution in [3.63, 3.8) is 0 Å². The Bertz CT molecular complexity index is 856. The van der Waals surface area contributed by atoms with E-state index in [2.05, 4.69) is 22.0 Å². The predicted octanol–water partition coefficient (Wildman–Crippen LogP) is 3.77. The quantitative estimate of drug-likeness (QED) is 0.571. The first-order valence-corrected chi connectivity index (χ1v) is 13.7. The molecule has 1 saturated carbocycles. The predicted molar refractivity (Wildman–Crippen MR) is 131 cm³/mol. The van der Waals surface area contributed by atoms with Gasteiger partial charge in [-0.2, -0.15) is 4.31 Å². The fourth-order valence-electron chi connectivity index (χ4n) is 4.92. The van der Waals surface area contributed by atoms with Gasteiger partial charge in [0.1, 0.15) is 0 Å². The number of hydrogen-bond acceptors (Lipinski definition) is 5. The minimum absolute atomic E-state index is 0.0252. The van der Waals surface area contributed by atoms with Crippen LogP contribution in [0.15, 0.2) is 23.1 Å². The molecule has 1 N–H and O–H groups in total.